The molecule has 12 heteroatoms. The molecule has 2 aliphatic heterocycles. The van der Waals surface area contributed by atoms with Crippen LogP contribution in [-0.4, -0.2) is 71.4 Å². The van der Waals surface area contributed by atoms with Crippen LogP contribution < -0.4 is 24.8 Å². The molecule has 0 saturated carbocycles. The highest BCUT2D eigenvalue weighted by atomic mass is 19.1. The van der Waals surface area contributed by atoms with Gasteiger partial charge >= 0.3 is 0 Å². The molecule has 2 aromatic carbocycles. The van der Waals surface area contributed by atoms with E-state index in [1.807, 2.05) is 13.0 Å². The van der Waals surface area contributed by atoms with Gasteiger partial charge in [-0.1, -0.05) is 6.07 Å². The summed E-state index contributed by atoms with van der Waals surface area (Å²) < 4.78 is 33.6. The van der Waals surface area contributed by atoms with Crippen molar-refractivity contribution in [2.45, 2.75) is 51.4 Å². The van der Waals surface area contributed by atoms with Crippen molar-refractivity contribution in [1.29, 1.82) is 0 Å². The van der Waals surface area contributed by atoms with Crippen LogP contribution in [0.3, 0.4) is 0 Å². The first kappa shape index (κ1) is 28.9. The standard InChI is InChI=1S/C30H34FN5O6/c1-3-36-24(8-10-33-36)30(39)35-11-9-25-23(17-35)34-29(38)18-41-27-14-19(4-6-26(27)40-2)5-7-28(37)32-16-20-12-21(31)15-22(13-20)42-25/h4,6,8,10,12-15,23,25H,3,5,7,9,11,16-18H2,1-2H3,(H,32,37)(H,34,38)/t23-,25-/m1/s1. The highest BCUT2D eigenvalue weighted by Crippen LogP contribution is 2.29. The largest absolute Gasteiger partial charge is 0.493 e. The SMILES string of the molecule is CCn1nccc1C(=O)N1CC[C@H]2Oc3cc(F)cc(c3)CNC(=O)CCc3ccc(OC)c(c3)OCC(=O)N[C@@H]2C1. The molecule has 4 bridgehead atoms. The van der Waals surface area contributed by atoms with E-state index in [1.165, 1.54) is 19.2 Å². The molecule has 2 atom stereocenters. The molecule has 3 aromatic rings. The highest BCUT2D eigenvalue weighted by molar-refractivity contribution is 5.92. The normalized spacial score (nSPS) is 19.6. The van der Waals surface area contributed by atoms with Crippen molar-refractivity contribution in [2.24, 2.45) is 0 Å². The number of rotatable bonds is 3. The maximum Gasteiger partial charge on any atom is 0.272 e. The molecule has 42 heavy (non-hydrogen) atoms. The van der Waals surface area contributed by atoms with Gasteiger partial charge in [0.05, 0.1) is 13.2 Å². The molecule has 0 radical (unpaired) electrons. The number of halogens is 1. The van der Waals surface area contributed by atoms with Crippen molar-refractivity contribution in [1.82, 2.24) is 25.3 Å². The summed E-state index contributed by atoms with van der Waals surface area (Å²) in [6.45, 7) is 2.79. The van der Waals surface area contributed by atoms with Gasteiger partial charge in [-0.05, 0) is 54.8 Å². The van der Waals surface area contributed by atoms with Gasteiger partial charge in [0, 0.05) is 51.3 Å². The Hall–Kier alpha value is -4.61. The second-order valence-electron chi connectivity index (χ2n) is 10.2. The number of hydrogen-bond donors (Lipinski definition) is 2. The van der Waals surface area contributed by atoms with Gasteiger partial charge in [0.2, 0.25) is 5.91 Å². The molecule has 2 N–H and O–H groups in total. The Morgan fingerprint density at radius 1 is 1.12 bits per heavy atom. The topological polar surface area (TPSA) is 124 Å². The molecule has 2 aliphatic rings. The van der Waals surface area contributed by atoms with E-state index in [0.717, 1.165) is 5.56 Å². The average molecular weight is 580 g/mol. The summed E-state index contributed by atoms with van der Waals surface area (Å²) in [5.74, 6) is -0.234. The average Bonchev–Trinajstić information content (AvgIpc) is 3.47. The lowest BCUT2D eigenvalue weighted by atomic mass is 10.0. The van der Waals surface area contributed by atoms with Gasteiger partial charge in [-0.25, -0.2) is 4.39 Å². The third-order valence-corrected chi connectivity index (χ3v) is 7.35. The minimum absolute atomic E-state index is 0.127. The number of carbonyl (C=O) groups is 3. The predicted octanol–water partition coefficient (Wildman–Crippen LogP) is 2.47. The maximum absolute atomic E-state index is 14.6. The van der Waals surface area contributed by atoms with E-state index in [4.69, 9.17) is 14.2 Å². The molecule has 3 amide bonds. The molecule has 11 nitrogen and oxygen atoms in total. The van der Waals surface area contributed by atoms with Gasteiger partial charge < -0.3 is 29.7 Å². The van der Waals surface area contributed by atoms with Crippen molar-refractivity contribution in [2.75, 3.05) is 26.8 Å². The van der Waals surface area contributed by atoms with Crippen molar-refractivity contribution in [3.05, 3.63) is 71.3 Å². The Balaban J connectivity index is 1.42. The van der Waals surface area contributed by atoms with Crippen molar-refractivity contribution in [3.63, 3.8) is 0 Å². The van der Waals surface area contributed by atoms with Crippen LogP contribution in [-0.2, 0) is 29.1 Å². The van der Waals surface area contributed by atoms with Crippen LogP contribution in [0.5, 0.6) is 17.2 Å². The Morgan fingerprint density at radius 2 is 1.98 bits per heavy atom. The summed E-state index contributed by atoms with van der Waals surface area (Å²) in [6.07, 6.45) is 2.05. The van der Waals surface area contributed by atoms with Crippen LogP contribution in [0.25, 0.3) is 0 Å². The molecule has 0 aliphatic carbocycles. The molecular weight excluding hydrogens is 545 g/mol. The lowest BCUT2D eigenvalue weighted by Gasteiger charge is -2.38. The smallest absolute Gasteiger partial charge is 0.272 e. The van der Waals surface area contributed by atoms with E-state index in [-0.39, 0.29) is 43.7 Å². The molecule has 0 unspecified atom stereocenters. The number of methoxy groups -OCH3 is 1. The quantitative estimate of drug-likeness (QED) is 0.489. The summed E-state index contributed by atoms with van der Waals surface area (Å²) in [5, 5.41) is 9.98. The first-order chi connectivity index (χ1) is 20.3. The zero-order valence-corrected chi connectivity index (χ0v) is 23.6. The van der Waals surface area contributed by atoms with Crippen LogP contribution in [0.4, 0.5) is 4.39 Å². The number of fused-ring (bicyclic) bond motifs is 5. The van der Waals surface area contributed by atoms with Crippen molar-refractivity contribution < 1.29 is 33.0 Å². The number of amides is 3. The molecule has 5 rings (SSSR count). The minimum Gasteiger partial charge on any atom is -0.493 e. The first-order valence-electron chi connectivity index (χ1n) is 14.0. The number of ether oxygens (including phenoxy) is 3. The molecule has 3 heterocycles. The summed E-state index contributed by atoms with van der Waals surface area (Å²) in [5.41, 5.74) is 1.83. The van der Waals surface area contributed by atoms with E-state index >= 15 is 0 Å². The van der Waals surface area contributed by atoms with Crippen LogP contribution in [0.1, 0.15) is 41.4 Å². The highest BCUT2D eigenvalue weighted by Gasteiger charge is 2.35. The van der Waals surface area contributed by atoms with Gasteiger partial charge in [-0.2, -0.15) is 5.10 Å². The van der Waals surface area contributed by atoms with Crippen molar-refractivity contribution >= 4 is 17.7 Å². The lowest BCUT2D eigenvalue weighted by Crippen LogP contribution is -2.58. The van der Waals surface area contributed by atoms with E-state index in [1.54, 1.807) is 40.0 Å². The van der Waals surface area contributed by atoms with Crippen LogP contribution in [0.15, 0.2) is 48.7 Å². The van der Waals surface area contributed by atoms with Crippen LogP contribution in [0, 0.1) is 5.82 Å². The zero-order chi connectivity index (χ0) is 29.6. The summed E-state index contributed by atoms with van der Waals surface area (Å²) in [6, 6.07) is 10.6. The number of nitrogens with zero attached hydrogens (tertiary/aromatic N) is 3. The number of carbonyl (C=O) groups excluding carboxylic acids is 3. The fourth-order valence-electron chi connectivity index (χ4n) is 5.22. The number of hydrogen-bond acceptors (Lipinski definition) is 7. The molecule has 1 saturated heterocycles. The van der Waals surface area contributed by atoms with Crippen LogP contribution >= 0.6 is 0 Å². The lowest BCUT2D eigenvalue weighted by molar-refractivity contribution is -0.125. The predicted molar refractivity (Wildman–Crippen MR) is 150 cm³/mol. The third kappa shape index (κ3) is 6.81. The summed E-state index contributed by atoms with van der Waals surface area (Å²) in [4.78, 5) is 40.7. The summed E-state index contributed by atoms with van der Waals surface area (Å²) >= 11 is 0. The Morgan fingerprint density at radius 3 is 2.79 bits per heavy atom. The molecule has 1 aromatic heterocycles. The third-order valence-electron chi connectivity index (χ3n) is 7.35. The molecule has 1 fully saturated rings. The second-order valence-corrected chi connectivity index (χ2v) is 10.2. The number of benzene rings is 2. The first-order valence-corrected chi connectivity index (χ1v) is 14.0. The van der Waals surface area contributed by atoms with Gasteiger partial charge in [0.25, 0.3) is 11.8 Å². The monoisotopic (exact) mass is 579 g/mol. The fourth-order valence-corrected chi connectivity index (χ4v) is 5.22. The Labute approximate surface area is 242 Å². The molecule has 222 valence electrons. The van der Waals surface area contributed by atoms with E-state index < -0.39 is 23.9 Å². The molecular formula is C30H34FN5O6. The Bertz CT molecular complexity index is 1460. The fraction of sp³-hybridized carbons (Fsp3) is 0.400. The number of aromatic nitrogens is 2. The van der Waals surface area contributed by atoms with E-state index in [0.29, 0.717) is 48.7 Å². The van der Waals surface area contributed by atoms with E-state index in [2.05, 4.69) is 15.7 Å². The van der Waals surface area contributed by atoms with Gasteiger partial charge in [0.15, 0.2) is 18.1 Å². The molecule has 0 spiro atoms. The van der Waals surface area contributed by atoms with Gasteiger partial charge in [-0.3, -0.25) is 19.1 Å². The second kappa shape index (κ2) is 12.9. The van der Waals surface area contributed by atoms with Crippen LogP contribution in [0.2, 0.25) is 0 Å². The van der Waals surface area contributed by atoms with Gasteiger partial charge in [0.1, 0.15) is 23.4 Å². The van der Waals surface area contributed by atoms with E-state index in [9.17, 15) is 18.8 Å². The maximum atomic E-state index is 14.6. The number of piperidine rings is 1. The minimum atomic E-state index is -0.615. The summed E-state index contributed by atoms with van der Waals surface area (Å²) in [7, 11) is 1.51. The number of likely N-dealkylation sites (tertiary alicyclic amines) is 1. The number of nitrogens with one attached hydrogen (secondary N) is 2. The number of aryl methyl sites for hydroxylation is 2. The van der Waals surface area contributed by atoms with Gasteiger partial charge in [-0.15, -0.1) is 0 Å². The zero-order valence-electron chi connectivity index (χ0n) is 23.6. The van der Waals surface area contributed by atoms with Crippen molar-refractivity contribution in [3.8, 4) is 17.2 Å². The Kier molecular flexibility index (Phi) is 8.89.